The van der Waals surface area contributed by atoms with E-state index >= 15 is 0 Å². The van der Waals surface area contributed by atoms with Gasteiger partial charge in [0.2, 0.25) is 0 Å². The van der Waals surface area contributed by atoms with Crippen LogP contribution < -0.4 is 0 Å². The van der Waals surface area contributed by atoms with E-state index in [0.717, 1.165) is 12.7 Å². The van der Waals surface area contributed by atoms with Gasteiger partial charge in [-0.25, -0.2) is 0 Å². The van der Waals surface area contributed by atoms with Gasteiger partial charge >= 0.3 is 0 Å². The highest BCUT2D eigenvalue weighted by molar-refractivity contribution is 6.81. The fourth-order valence-electron chi connectivity index (χ4n) is 2.19. The van der Waals surface area contributed by atoms with Crippen LogP contribution in [0.3, 0.4) is 0 Å². The SMILES string of the molecule is CC[Si](CC)(CC)C(C)CC=O. The maximum atomic E-state index is 10.4. The highest BCUT2D eigenvalue weighted by Crippen LogP contribution is 2.34. The van der Waals surface area contributed by atoms with Crippen molar-refractivity contribution in [3.05, 3.63) is 0 Å². The van der Waals surface area contributed by atoms with E-state index in [1.807, 2.05) is 0 Å². The van der Waals surface area contributed by atoms with E-state index in [4.69, 9.17) is 0 Å². The minimum atomic E-state index is -1.07. The van der Waals surface area contributed by atoms with Crippen LogP contribution in [0.15, 0.2) is 0 Å². The molecule has 0 aliphatic carbocycles. The fraction of sp³-hybridized carbons (Fsp3) is 0.900. The van der Waals surface area contributed by atoms with E-state index in [1.54, 1.807) is 0 Å². The van der Waals surface area contributed by atoms with Crippen LogP contribution in [0.2, 0.25) is 23.7 Å². The average Bonchev–Trinajstić information content (AvgIpc) is 2.09. The first-order valence-electron chi connectivity index (χ1n) is 5.10. The van der Waals surface area contributed by atoms with Gasteiger partial charge in [0.25, 0.3) is 0 Å². The molecule has 72 valence electrons. The smallest absolute Gasteiger partial charge is 0.119 e. The van der Waals surface area contributed by atoms with Gasteiger partial charge in [-0.1, -0.05) is 45.8 Å². The predicted molar refractivity (Wildman–Crippen MR) is 57.3 cm³/mol. The van der Waals surface area contributed by atoms with Crippen molar-refractivity contribution in [3.8, 4) is 0 Å². The van der Waals surface area contributed by atoms with E-state index in [1.165, 1.54) is 18.1 Å². The molecule has 1 atom stereocenters. The maximum Gasteiger partial charge on any atom is 0.119 e. The molecule has 0 aromatic rings. The molecule has 0 aromatic heterocycles. The summed E-state index contributed by atoms with van der Waals surface area (Å²) in [5, 5.41) is 0. The van der Waals surface area contributed by atoms with Crippen molar-refractivity contribution in [2.24, 2.45) is 0 Å². The van der Waals surface area contributed by atoms with Crippen LogP contribution >= 0.6 is 0 Å². The quantitative estimate of drug-likeness (QED) is 0.458. The topological polar surface area (TPSA) is 17.1 Å². The summed E-state index contributed by atoms with van der Waals surface area (Å²) in [6.45, 7) is 9.14. The van der Waals surface area contributed by atoms with Gasteiger partial charge in [-0.15, -0.1) is 0 Å². The Labute approximate surface area is 77.6 Å². The molecule has 12 heavy (non-hydrogen) atoms. The molecule has 1 unspecified atom stereocenters. The second-order valence-electron chi connectivity index (χ2n) is 3.73. The molecule has 1 nitrogen and oxygen atoms in total. The minimum Gasteiger partial charge on any atom is -0.303 e. The lowest BCUT2D eigenvalue weighted by atomic mass is 10.4. The molecule has 2 heteroatoms. The molecule has 0 N–H and O–H groups in total. The summed E-state index contributed by atoms with van der Waals surface area (Å²) in [5.41, 5.74) is 0.676. The Bertz CT molecular complexity index is 122. The lowest BCUT2D eigenvalue weighted by molar-refractivity contribution is -0.107. The second kappa shape index (κ2) is 5.52. The largest absolute Gasteiger partial charge is 0.303 e. The first-order chi connectivity index (χ1) is 5.66. The van der Waals surface area contributed by atoms with E-state index in [0.29, 0.717) is 5.54 Å². The molecule has 0 aliphatic rings. The summed E-state index contributed by atoms with van der Waals surface area (Å²) in [6.07, 6.45) is 1.87. The van der Waals surface area contributed by atoms with Crippen molar-refractivity contribution in [2.45, 2.75) is 57.8 Å². The van der Waals surface area contributed by atoms with Crippen molar-refractivity contribution in [1.29, 1.82) is 0 Å². The molecule has 0 saturated heterocycles. The Hall–Kier alpha value is -0.113. The molecule has 0 rings (SSSR count). The number of carbonyl (C=O) groups is 1. The summed E-state index contributed by atoms with van der Waals surface area (Å²) >= 11 is 0. The highest BCUT2D eigenvalue weighted by Gasteiger charge is 2.32. The maximum absolute atomic E-state index is 10.4. The van der Waals surface area contributed by atoms with Crippen molar-refractivity contribution in [2.75, 3.05) is 0 Å². The van der Waals surface area contributed by atoms with Gasteiger partial charge in [0, 0.05) is 6.42 Å². The zero-order valence-electron chi connectivity index (χ0n) is 8.89. The second-order valence-corrected chi connectivity index (χ2v) is 9.56. The van der Waals surface area contributed by atoms with Crippen LogP contribution in [0.5, 0.6) is 0 Å². The summed E-state index contributed by atoms with van der Waals surface area (Å²) in [7, 11) is -1.07. The fourth-order valence-corrected chi connectivity index (χ4v) is 6.38. The number of aldehydes is 1. The third kappa shape index (κ3) is 2.44. The van der Waals surface area contributed by atoms with Gasteiger partial charge in [0.05, 0.1) is 8.07 Å². The lowest BCUT2D eigenvalue weighted by Crippen LogP contribution is -2.36. The Morgan fingerprint density at radius 3 is 1.83 bits per heavy atom. The third-order valence-corrected chi connectivity index (χ3v) is 10.2. The van der Waals surface area contributed by atoms with E-state index < -0.39 is 8.07 Å². The van der Waals surface area contributed by atoms with Gasteiger partial charge in [-0.2, -0.15) is 0 Å². The molecule has 0 bridgehead atoms. The molecule has 0 spiro atoms. The average molecular weight is 186 g/mol. The predicted octanol–water partition coefficient (Wildman–Crippen LogP) is 3.47. The van der Waals surface area contributed by atoms with E-state index in [-0.39, 0.29) is 0 Å². The van der Waals surface area contributed by atoms with Gasteiger partial charge in [0.15, 0.2) is 0 Å². The monoisotopic (exact) mass is 186 g/mol. The van der Waals surface area contributed by atoms with Crippen molar-refractivity contribution in [3.63, 3.8) is 0 Å². The Morgan fingerprint density at radius 2 is 1.58 bits per heavy atom. The molecular formula is C10H22OSi. The Kier molecular flexibility index (Phi) is 5.47. The number of hydrogen-bond acceptors (Lipinski definition) is 1. The van der Waals surface area contributed by atoms with Crippen LogP contribution in [0, 0.1) is 0 Å². The first-order valence-corrected chi connectivity index (χ1v) is 7.80. The highest BCUT2D eigenvalue weighted by atomic mass is 28.3. The van der Waals surface area contributed by atoms with Gasteiger partial charge in [-0.3, -0.25) is 0 Å². The normalized spacial score (nSPS) is 14.3. The molecule has 0 fully saturated rings. The minimum absolute atomic E-state index is 0.676. The lowest BCUT2D eigenvalue weighted by Gasteiger charge is -2.33. The van der Waals surface area contributed by atoms with Crippen LogP contribution in [0.4, 0.5) is 0 Å². The summed E-state index contributed by atoms with van der Waals surface area (Å²) < 4.78 is 0. The summed E-state index contributed by atoms with van der Waals surface area (Å²) in [5.74, 6) is 0. The zero-order chi connectivity index (χ0) is 9.61. The molecule has 0 saturated carbocycles. The van der Waals surface area contributed by atoms with Gasteiger partial charge in [-0.05, 0) is 5.54 Å². The Morgan fingerprint density at radius 1 is 1.17 bits per heavy atom. The third-order valence-electron chi connectivity index (χ3n) is 3.61. The van der Waals surface area contributed by atoms with Crippen LogP contribution in [-0.4, -0.2) is 14.4 Å². The molecule has 0 radical (unpaired) electrons. The van der Waals surface area contributed by atoms with Crippen LogP contribution in [-0.2, 0) is 4.79 Å². The number of hydrogen-bond donors (Lipinski definition) is 0. The van der Waals surface area contributed by atoms with Crippen LogP contribution in [0.1, 0.15) is 34.1 Å². The van der Waals surface area contributed by atoms with Crippen molar-refractivity contribution >= 4 is 14.4 Å². The van der Waals surface area contributed by atoms with E-state index in [2.05, 4.69) is 27.7 Å². The summed E-state index contributed by atoms with van der Waals surface area (Å²) in [4.78, 5) is 10.4. The van der Waals surface area contributed by atoms with Gasteiger partial charge < -0.3 is 4.79 Å². The molecular weight excluding hydrogens is 164 g/mol. The van der Waals surface area contributed by atoms with E-state index in [9.17, 15) is 4.79 Å². The molecule has 0 heterocycles. The van der Waals surface area contributed by atoms with Crippen molar-refractivity contribution in [1.82, 2.24) is 0 Å². The van der Waals surface area contributed by atoms with Gasteiger partial charge in [0.1, 0.15) is 6.29 Å². The Balaban J connectivity index is 4.34. The zero-order valence-corrected chi connectivity index (χ0v) is 9.89. The van der Waals surface area contributed by atoms with Crippen molar-refractivity contribution < 1.29 is 4.79 Å². The number of rotatable bonds is 6. The first kappa shape index (κ1) is 11.9. The summed E-state index contributed by atoms with van der Waals surface area (Å²) in [6, 6.07) is 3.99. The molecule has 0 aliphatic heterocycles. The molecule has 0 amide bonds. The molecule has 0 aromatic carbocycles. The standard InChI is InChI=1S/C10H22OSi/c1-5-12(6-2,7-3)10(4)8-9-11/h9-10H,5-8H2,1-4H3. The van der Waals surface area contributed by atoms with Crippen LogP contribution in [0.25, 0.3) is 0 Å². The number of carbonyl (C=O) groups excluding carboxylic acids is 1.